The summed E-state index contributed by atoms with van der Waals surface area (Å²) in [7, 11) is 0. The van der Waals surface area contributed by atoms with E-state index in [0.29, 0.717) is 22.4 Å². The molecule has 1 heterocycles. The summed E-state index contributed by atoms with van der Waals surface area (Å²) in [6.07, 6.45) is -1.09. The topological polar surface area (TPSA) is 103 Å². The molecule has 29 heavy (non-hydrogen) atoms. The first-order chi connectivity index (χ1) is 13.9. The molecule has 150 valence electrons. The predicted molar refractivity (Wildman–Crippen MR) is 104 cm³/mol. The van der Waals surface area contributed by atoms with E-state index in [1.54, 1.807) is 36.4 Å². The van der Waals surface area contributed by atoms with E-state index in [0.717, 1.165) is 0 Å². The summed E-state index contributed by atoms with van der Waals surface area (Å²) in [6, 6.07) is 13.2. The zero-order chi connectivity index (χ0) is 21.0. The van der Waals surface area contributed by atoms with Crippen molar-refractivity contribution in [3.63, 3.8) is 0 Å². The molecular formula is C21H20FN3O4. The van der Waals surface area contributed by atoms with E-state index in [1.165, 1.54) is 17.9 Å². The molecule has 0 spiro atoms. The van der Waals surface area contributed by atoms with E-state index in [9.17, 15) is 19.1 Å². The second-order valence-electron chi connectivity index (χ2n) is 6.70. The number of anilines is 1. The van der Waals surface area contributed by atoms with Crippen molar-refractivity contribution in [2.24, 2.45) is 0 Å². The highest BCUT2D eigenvalue weighted by atomic mass is 19.1. The molecule has 0 radical (unpaired) electrons. The summed E-state index contributed by atoms with van der Waals surface area (Å²) in [4.78, 5) is 24.4. The maximum absolute atomic E-state index is 14.7. The normalized spacial score (nSPS) is 16.8. The van der Waals surface area contributed by atoms with Gasteiger partial charge in [0, 0.05) is 12.5 Å². The maximum Gasteiger partial charge on any atom is 0.414 e. The van der Waals surface area contributed by atoms with E-state index in [2.05, 4.69) is 5.32 Å². The monoisotopic (exact) mass is 397 g/mol. The molecule has 2 aromatic rings. The lowest BCUT2D eigenvalue weighted by atomic mass is 9.97. The number of benzene rings is 2. The molecule has 7 nitrogen and oxygen atoms in total. The number of carbonyl (C=O) groups excluding carboxylic acids is 2. The van der Waals surface area contributed by atoms with Crippen molar-refractivity contribution in [2.45, 2.75) is 18.9 Å². The van der Waals surface area contributed by atoms with E-state index in [1.807, 2.05) is 6.07 Å². The minimum Gasteiger partial charge on any atom is -0.442 e. The van der Waals surface area contributed by atoms with Crippen LogP contribution in [-0.4, -0.2) is 42.9 Å². The number of cyclic esters (lactones) is 1. The maximum atomic E-state index is 14.7. The van der Waals surface area contributed by atoms with Crippen molar-refractivity contribution in [2.75, 3.05) is 24.6 Å². The second-order valence-corrected chi connectivity index (χ2v) is 6.70. The Labute approximate surface area is 167 Å². The van der Waals surface area contributed by atoms with Gasteiger partial charge in [-0.1, -0.05) is 24.3 Å². The number of aliphatic hydroxyl groups excluding tert-OH is 1. The van der Waals surface area contributed by atoms with Gasteiger partial charge in [-0.15, -0.1) is 0 Å². The van der Waals surface area contributed by atoms with Gasteiger partial charge < -0.3 is 15.2 Å². The minimum absolute atomic E-state index is 0.196. The Bertz CT molecular complexity index is 955. The Balaban J connectivity index is 1.76. The summed E-state index contributed by atoms with van der Waals surface area (Å²) >= 11 is 0. The van der Waals surface area contributed by atoms with Gasteiger partial charge in [0.15, 0.2) is 0 Å². The van der Waals surface area contributed by atoms with Gasteiger partial charge in [0.05, 0.1) is 37.4 Å². The van der Waals surface area contributed by atoms with Crippen molar-refractivity contribution in [1.82, 2.24) is 5.32 Å². The lowest BCUT2D eigenvalue weighted by Gasteiger charge is -2.15. The molecule has 2 N–H and O–H groups in total. The van der Waals surface area contributed by atoms with Gasteiger partial charge in [-0.2, -0.15) is 5.26 Å². The van der Waals surface area contributed by atoms with Crippen LogP contribution in [0.15, 0.2) is 42.5 Å². The third-order valence-electron chi connectivity index (χ3n) is 4.68. The fourth-order valence-electron chi connectivity index (χ4n) is 3.12. The lowest BCUT2D eigenvalue weighted by molar-refractivity contribution is -0.119. The minimum atomic E-state index is -0.622. The summed E-state index contributed by atoms with van der Waals surface area (Å²) in [6.45, 7) is 1.50. The molecule has 1 saturated heterocycles. The third-order valence-corrected chi connectivity index (χ3v) is 4.68. The number of nitrogens with zero attached hydrogens (tertiary/aromatic N) is 2. The zero-order valence-electron chi connectivity index (χ0n) is 15.8. The van der Waals surface area contributed by atoms with Crippen LogP contribution in [0, 0.1) is 17.1 Å². The van der Waals surface area contributed by atoms with Gasteiger partial charge in [-0.25, -0.2) is 9.18 Å². The molecule has 0 saturated carbocycles. The Morgan fingerprint density at radius 1 is 1.38 bits per heavy atom. The summed E-state index contributed by atoms with van der Waals surface area (Å²) in [5.74, 6) is -1.35. The van der Waals surface area contributed by atoms with Crippen molar-refractivity contribution >= 4 is 17.7 Å². The molecule has 0 aromatic heterocycles. The van der Waals surface area contributed by atoms with Crippen LogP contribution in [-0.2, 0) is 9.53 Å². The Hall–Kier alpha value is -3.44. The quantitative estimate of drug-likeness (QED) is 0.780. The zero-order valence-corrected chi connectivity index (χ0v) is 15.8. The number of hydrogen-bond acceptors (Lipinski definition) is 5. The molecule has 2 amide bonds. The molecule has 2 aromatic carbocycles. The molecule has 0 aliphatic carbocycles. The first kappa shape index (κ1) is 20.3. The highest BCUT2D eigenvalue weighted by Gasteiger charge is 2.32. The number of halogens is 1. The molecule has 1 aliphatic rings. The van der Waals surface area contributed by atoms with Crippen molar-refractivity contribution in [3.05, 3.63) is 53.8 Å². The van der Waals surface area contributed by atoms with Gasteiger partial charge in [-0.05, 0) is 29.3 Å². The standard InChI is InChI=1S/C21H20FN3O4/c1-13(27)24-10-18-11-25(21(28)29-18)17-6-7-19(20(22)8-17)15-4-2-14(3-5-15)16(9-23)12-26/h2-8,16,18,26H,10-12H2,1H3,(H,24,27)/t16-,18+/m1/s1. The van der Waals surface area contributed by atoms with Crippen molar-refractivity contribution in [1.29, 1.82) is 5.26 Å². The second kappa shape index (κ2) is 8.71. The molecule has 2 atom stereocenters. The van der Waals surface area contributed by atoms with Gasteiger partial charge >= 0.3 is 6.09 Å². The summed E-state index contributed by atoms with van der Waals surface area (Å²) in [5.41, 5.74) is 1.98. The number of hydrogen-bond donors (Lipinski definition) is 2. The number of aliphatic hydroxyl groups is 1. The molecule has 0 bridgehead atoms. The Morgan fingerprint density at radius 3 is 2.69 bits per heavy atom. The average Bonchev–Trinajstić information content (AvgIpc) is 3.08. The highest BCUT2D eigenvalue weighted by Crippen LogP contribution is 2.30. The predicted octanol–water partition coefficient (Wildman–Crippen LogP) is 2.55. The van der Waals surface area contributed by atoms with Crippen LogP contribution in [0.4, 0.5) is 14.9 Å². The summed E-state index contributed by atoms with van der Waals surface area (Å²) in [5, 5.41) is 20.8. The van der Waals surface area contributed by atoms with E-state index in [-0.39, 0.29) is 25.6 Å². The van der Waals surface area contributed by atoms with Gasteiger partial charge in [-0.3, -0.25) is 9.69 Å². The van der Waals surface area contributed by atoms with Crippen molar-refractivity contribution < 1.29 is 23.8 Å². The first-order valence-corrected chi connectivity index (χ1v) is 9.06. The molecule has 3 rings (SSSR count). The van der Waals surface area contributed by atoms with Crippen LogP contribution in [0.5, 0.6) is 0 Å². The number of ether oxygens (including phenoxy) is 1. The van der Waals surface area contributed by atoms with Crippen molar-refractivity contribution in [3.8, 4) is 17.2 Å². The fourth-order valence-corrected chi connectivity index (χ4v) is 3.12. The number of rotatable bonds is 6. The third kappa shape index (κ3) is 4.52. The molecule has 1 fully saturated rings. The van der Waals surface area contributed by atoms with Gasteiger partial charge in [0.2, 0.25) is 5.91 Å². The molecular weight excluding hydrogens is 377 g/mol. The Kier molecular flexibility index (Phi) is 6.10. The first-order valence-electron chi connectivity index (χ1n) is 9.06. The van der Waals surface area contributed by atoms with Crippen LogP contribution in [0.3, 0.4) is 0 Å². The molecule has 1 aliphatic heterocycles. The average molecular weight is 397 g/mol. The fraction of sp³-hybridized carbons (Fsp3) is 0.286. The SMILES string of the molecule is CC(=O)NC[C@H]1CN(c2ccc(-c3ccc([C@H](C#N)CO)cc3)c(F)c2)C(=O)O1. The molecule has 8 heteroatoms. The van der Waals surface area contributed by atoms with Gasteiger partial charge in [0.1, 0.15) is 11.9 Å². The van der Waals surface area contributed by atoms with Crippen LogP contribution in [0.25, 0.3) is 11.1 Å². The Morgan fingerprint density at radius 2 is 2.10 bits per heavy atom. The number of carbonyl (C=O) groups is 2. The van der Waals surface area contributed by atoms with Crippen LogP contribution in [0.1, 0.15) is 18.4 Å². The van der Waals surface area contributed by atoms with Gasteiger partial charge in [0.25, 0.3) is 0 Å². The van der Waals surface area contributed by atoms with Crippen LogP contribution < -0.4 is 10.2 Å². The number of nitriles is 1. The highest BCUT2D eigenvalue weighted by molar-refractivity contribution is 5.90. The largest absolute Gasteiger partial charge is 0.442 e. The van der Waals surface area contributed by atoms with Crippen LogP contribution >= 0.6 is 0 Å². The smallest absolute Gasteiger partial charge is 0.414 e. The lowest BCUT2D eigenvalue weighted by Crippen LogP contribution is -2.33. The number of nitrogens with one attached hydrogen (secondary N) is 1. The van der Waals surface area contributed by atoms with E-state index in [4.69, 9.17) is 10.00 Å². The number of amides is 2. The van der Waals surface area contributed by atoms with E-state index >= 15 is 0 Å². The van der Waals surface area contributed by atoms with E-state index < -0.39 is 23.9 Å². The van der Waals surface area contributed by atoms with Crippen LogP contribution in [0.2, 0.25) is 0 Å². The molecule has 0 unspecified atom stereocenters. The summed E-state index contributed by atoms with van der Waals surface area (Å²) < 4.78 is 19.9.